The van der Waals surface area contributed by atoms with Gasteiger partial charge >= 0.3 is 0 Å². The summed E-state index contributed by atoms with van der Waals surface area (Å²) in [6.07, 6.45) is 4.61. The summed E-state index contributed by atoms with van der Waals surface area (Å²) in [5.41, 5.74) is 3.64. The van der Waals surface area contributed by atoms with Gasteiger partial charge in [0.15, 0.2) is 5.82 Å². The Morgan fingerprint density at radius 3 is 2.70 bits per heavy atom. The van der Waals surface area contributed by atoms with Crippen LogP contribution in [0.1, 0.15) is 65.4 Å². The maximum Gasteiger partial charge on any atom is 0.151 e. The molecule has 2 aliphatic rings. The van der Waals surface area contributed by atoms with E-state index in [0.29, 0.717) is 11.8 Å². The summed E-state index contributed by atoms with van der Waals surface area (Å²) in [4.78, 5) is 4.71. The molecule has 0 bridgehead atoms. The lowest BCUT2D eigenvalue weighted by Gasteiger charge is -2.27. The number of aryl methyl sites for hydroxylation is 1. The first-order valence-electron chi connectivity index (χ1n) is 9.55. The largest absolute Gasteiger partial charge is 0.306 e. The van der Waals surface area contributed by atoms with Gasteiger partial charge in [-0.3, -0.25) is 4.57 Å². The smallest absolute Gasteiger partial charge is 0.151 e. The predicted octanol–water partition coefficient (Wildman–Crippen LogP) is 4.73. The highest BCUT2D eigenvalue weighted by atomic mass is 35.5. The van der Waals surface area contributed by atoms with Gasteiger partial charge in [-0.1, -0.05) is 11.6 Å². The van der Waals surface area contributed by atoms with Crippen LogP contribution >= 0.6 is 22.9 Å². The summed E-state index contributed by atoms with van der Waals surface area (Å²) in [7, 11) is 0. The van der Waals surface area contributed by atoms with Crippen LogP contribution < -0.4 is 5.32 Å². The molecule has 1 aliphatic carbocycles. The second-order valence-electron chi connectivity index (χ2n) is 7.53. The number of rotatable bonds is 2. The molecule has 0 atom stereocenters. The van der Waals surface area contributed by atoms with Crippen molar-refractivity contribution in [3.05, 3.63) is 56.5 Å². The molecule has 1 saturated carbocycles. The van der Waals surface area contributed by atoms with Crippen LogP contribution in [-0.2, 0) is 13.1 Å². The summed E-state index contributed by atoms with van der Waals surface area (Å²) in [5, 5.41) is 16.7. The van der Waals surface area contributed by atoms with Crippen molar-refractivity contribution in [1.29, 1.82) is 0 Å². The fourth-order valence-corrected chi connectivity index (χ4v) is 5.30. The Morgan fingerprint density at radius 2 is 1.93 bits per heavy atom. The summed E-state index contributed by atoms with van der Waals surface area (Å²) in [6, 6.07) is 6.11. The Bertz CT molecular complexity index is 971. The van der Waals surface area contributed by atoms with Crippen LogP contribution in [0.5, 0.6) is 0 Å². The van der Waals surface area contributed by atoms with E-state index in [1.54, 1.807) is 11.3 Å². The third-order valence-electron chi connectivity index (χ3n) is 5.78. The normalized spacial score (nSPS) is 22.1. The fourth-order valence-electron chi connectivity index (χ4n) is 4.41. The standard InChI is InChI=1S/C20H22ClN5S/c1-12-23-17(11-27-12)13-2-4-14(5-3-13)20-25-24-19-10-22-9-15-8-16(21)6-7-18(15)26(19)20/h6-8,11,13-14,22H,2-5,9-10H2,1H3/t13-,14-. The van der Waals surface area contributed by atoms with Crippen molar-refractivity contribution >= 4 is 22.9 Å². The van der Waals surface area contributed by atoms with Crippen molar-refractivity contribution in [3.8, 4) is 5.69 Å². The van der Waals surface area contributed by atoms with Gasteiger partial charge in [0.1, 0.15) is 5.82 Å². The number of hydrogen-bond acceptors (Lipinski definition) is 5. The lowest BCUT2D eigenvalue weighted by Crippen LogP contribution is -2.17. The van der Waals surface area contributed by atoms with Crippen molar-refractivity contribution in [2.45, 2.75) is 57.5 Å². The van der Waals surface area contributed by atoms with Crippen molar-refractivity contribution in [3.63, 3.8) is 0 Å². The molecule has 1 N–H and O–H groups in total. The fraction of sp³-hybridized carbons (Fsp3) is 0.450. The SMILES string of the molecule is Cc1nc([C@H]2CC[C@H](c3nnc4n3-c3ccc(Cl)cc3CNC4)CC2)cs1. The molecule has 0 spiro atoms. The van der Waals surface area contributed by atoms with Crippen LogP contribution in [0.25, 0.3) is 5.69 Å². The molecule has 27 heavy (non-hydrogen) atoms. The maximum absolute atomic E-state index is 6.22. The molecular weight excluding hydrogens is 378 g/mol. The molecule has 0 saturated heterocycles. The Labute approximate surface area is 167 Å². The van der Waals surface area contributed by atoms with Gasteiger partial charge in [-0.05, 0) is 56.4 Å². The molecule has 0 radical (unpaired) electrons. The molecule has 3 aromatic rings. The van der Waals surface area contributed by atoms with Crippen LogP contribution in [0.3, 0.4) is 0 Å². The quantitative estimate of drug-likeness (QED) is 0.676. The average Bonchev–Trinajstić information content (AvgIpc) is 3.25. The molecular formula is C20H22ClN5S. The van der Waals surface area contributed by atoms with Crippen LogP contribution in [0, 0.1) is 6.92 Å². The van der Waals surface area contributed by atoms with E-state index in [1.165, 1.54) is 24.1 Å². The molecule has 140 valence electrons. The Hall–Kier alpha value is -1.76. The highest BCUT2D eigenvalue weighted by molar-refractivity contribution is 7.09. The number of aromatic nitrogens is 4. The summed E-state index contributed by atoms with van der Waals surface area (Å²) in [6.45, 7) is 3.62. The minimum atomic E-state index is 0.448. The van der Waals surface area contributed by atoms with Crippen LogP contribution in [0.4, 0.5) is 0 Å². The number of thiazole rings is 1. The molecule has 1 aromatic carbocycles. The minimum absolute atomic E-state index is 0.448. The zero-order valence-corrected chi connectivity index (χ0v) is 16.9. The molecule has 0 amide bonds. The van der Waals surface area contributed by atoms with Crippen molar-refractivity contribution in [2.24, 2.45) is 0 Å². The first-order chi connectivity index (χ1) is 13.2. The van der Waals surface area contributed by atoms with E-state index in [9.17, 15) is 0 Å². The lowest BCUT2D eigenvalue weighted by molar-refractivity contribution is 0.378. The van der Waals surface area contributed by atoms with E-state index in [-0.39, 0.29) is 0 Å². The van der Waals surface area contributed by atoms with Gasteiger partial charge in [0.05, 0.1) is 22.9 Å². The van der Waals surface area contributed by atoms with Crippen molar-refractivity contribution in [2.75, 3.05) is 0 Å². The van der Waals surface area contributed by atoms with Gasteiger partial charge in [0.2, 0.25) is 0 Å². The summed E-state index contributed by atoms with van der Waals surface area (Å²) in [5.74, 6) is 3.13. The second-order valence-corrected chi connectivity index (χ2v) is 9.03. The van der Waals surface area contributed by atoms with Gasteiger partial charge in [-0.15, -0.1) is 21.5 Å². The van der Waals surface area contributed by atoms with E-state index in [1.807, 2.05) is 12.1 Å². The third kappa shape index (κ3) is 3.20. The maximum atomic E-state index is 6.22. The van der Waals surface area contributed by atoms with Gasteiger partial charge in [-0.2, -0.15) is 0 Å². The van der Waals surface area contributed by atoms with Crippen LogP contribution in [0.15, 0.2) is 23.6 Å². The first kappa shape index (κ1) is 17.3. The lowest BCUT2D eigenvalue weighted by atomic mass is 9.80. The number of halogens is 1. The Morgan fingerprint density at radius 1 is 1.11 bits per heavy atom. The van der Waals surface area contributed by atoms with E-state index < -0.39 is 0 Å². The summed E-state index contributed by atoms with van der Waals surface area (Å²) >= 11 is 7.98. The zero-order valence-electron chi connectivity index (χ0n) is 15.3. The number of nitrogens with zero attached hydrogens (tertiary/aromatic N) is 4. The number of nitrogens with one attached hydrogen (secondary N) is 1. The van der Waals surface area contributed by atoms with E-state index >= 15 is 0 Å². The predicted molar refractivity (Wildman–Crippen MR) is 108 cm³/mol. The van der Waals surface area contributed by atoms with Crippen molar-refractivity contribution < 1.29 is 0 Å². The highest BCUT2D eigenvalue weighted by Crippen LogP contribution is 2.41. The van der Waals surface area contributed by atoms with Gasteiger partial charge in [0.25, 0.3) is 0 Å². The molecule has 1 aliphatic heterocycles. The topological polar surface area (TPSA) is 55.6 Å². The Kier molecular flexibility index (Phi) is 4.50. The monoisotopic (exact) mass is 399 g/mol. The number of hydrogen-bond donors (Lipinski definition) is 1. The number of fused-ring (bicyclic) bond motifs is 3. The Balaban J connectivity index is 1.43. The highest BCUT2D eigenvalue weighted by Gasteiger charge is 2.30. The second kappa shape index (κ2) is 7.00. The van der Waals surface area contributed by atoms with E-state index in [4.69, 9.17) is 16.6 Å². The molecule has 3 heterocycles. The average molecular weight is 400 g/mol. The van der Waals surface area contributed by atoms with Gasteiger partial charge in [-0.25, -0.2) is 4.98 Å². The summed E-state index contributed by atoms with van der Waals surface area (Å²) < 4.78 is 2.27. The van der Waals surface area contributed by atoms with Crippen LogP contribution in [-0.4, -0.2) is 19.7 Å². The zero-order chi connectivity index (χ0) is 18.4. The third-order valence-corrected chi connectivity index (χ3v) is 6.81. The minimum Gasteiger partial charge on any atom is -0.306 e. The molecule has 0 unspecified atom stereocenters. The molecule has 1 fully saturated rings. The number of benzene rings is 1. The molecule has 7 heteroatoms. The van der Waals surface area contributed by atoms with E-state index in [0.717, 1.165) is 53.3 Å². The van der Waals surface area contributed by atoms with Crippen molar-refractivity contribution in [1.82, 2.24) is 25.1 Å². The molecule has 5 rings (SSSR count). The van der Waals surface area contributed by atoms with E-state index in [2.05, 4.69) is 38.5 Å². The molecule has 5 nitrogen and oxygen atoms in total. The van der Waals surface area contributed by atoms with Crippen LogP contribution in [0.2, 0.25) is 5.02 Å². The van der Waals surface area contributed by atoms with Gasteiger partial charge < -0.3 is 5.32 Å². The first-order valence-corrected chi connectivity index (χ1v) is 10.8. The molecule has 2 aromatic heterocycles. The van der Waals surface area contributed by atoms with Gasteiger partial charge in [0, 0.05) is 28.8 Å².